The van der Waals surface area contributed by atoms with Crippen LogP contribution in [0.2, 0.25) is 18.1 Å². The van der Waals surface area contributed by atoms with E-state index in [1.54, 1.807) is 6.20 Å². The molecular formula is C10H18N2Si. The summed E-state index contributed by atoms with van der Waals surface area (Å²) in [5.74, 6) is 0. The lowest BCUT2D eigenvalue weighted by Gasteiger charge is -2.26. The molecule has 0 aliphatic rings. The van der Waals surface area contributed by atoms with Crippen LogP contribution in [0.5, 0.6) is 0 Å². The van der Waals surface area contributed by atoms with Gasteiger partial charge in [0.25, 0.3) is 0 Å². The minimum atomic E-state index is -1.27. The van der Waals surface area contributed by atoms with Crippen molar-refractivity contribution >= 4 is 13.4 Å². The lowest BCUT2D eigenvalue weighted by Crippen LogP contribution is -2.47. The van der Waals surface area contributed by atoms with Crippen molar-refractivity contribution in [2.45, 2.75) is 38.9 Å². The van der Waals surface area contributed by atoms with Crippen molar-refractivity contribution in [3.8, 4) is 0 Å². The molecule has 0 aliphatic heterocycles. The molecule has 0 saturated carbocycles. The molecule has 2 nitrogen and oxygen atoms in total. The predicted molar refractivity (Wildman–Crippen MR) is 58.9 cm³/mol. The molecule has 0 saturated heterocycles. The number of nitrogens with zero attached hydrogens (tertiary/aromatic N) is 2. The first-order chi connectivity index (χ1) is 6.29. The van der Waals surface area contributed by atoms with Gasteiger partial charge >= 0.3 is 0 Å². The second-order valence-electron chi connectivity index (χ2n) is 3.43. The van der Waals surface area contributed by atoms with Gasteiger partial charge in [0, 0.05) is 23.9 Å². The van der Waals surface area contributed by atoms with Crippen LogP contribution in [0.1, 0.15) is 20.8 Å². The minimum Gasteiger partial charge on any atom is -0.263 e. The fraction of sp³-hybridized carbons (Fsp3) is 0.600. The molecule has 1 aromatic heterocycles. The maximum Gasteiger partial charge on any atom is 0.112 e. The van der Waals surface area contributed by atoms with E-state index in [0.717, 1.165) is 0 Å². The van der Waals surface area contributed by atoms with E-state index in [2.05, 4.69) is 30.7 Å². The van der Waals surface area contributed by atoms with E-state index in [0.29, 0.717) is 0 Å². The summed E-state index contributed by atoms with van der Waals surface area (Å²) < 4.78 is 0. The van der Waals surface area contributed by atoms with Gasteiger partial charge in [-0.2, -0.15) is 0 Å². The van der Waals surface area contributed by atoms with Crippen LogP contribution in [-0.4, -0.2) is 18.0 Å². The van der Waals surface area contributed by atoms with Gasteiger partial charge in [-0.1, -0.05) is 38.9 Å². The van der Waals surface area contributed by atoms with Gasteiger partial charge in [-0.15, -0.1) is 0 Å². The van der Waals surface area contributed by atoms with Crippen molar-refractivity contribution in [1.82, 2.24) is 9.97 Å². The maximum atomic E-state index is 4.46. The van der Waals surface area contributed by atoms with Gasteiger partial charge < -0.3 is 0 Å². The highest BCUT2D eigenvalue weighted by atomic mass is 28.3. The topological polar surface area (TPSA) is 25.8 Å². The zero-order valence-electron chi connectivity index (χ0n) is 8.75. The lowest BCUT2D eigenvalue weighted by molar-refractivity contribution is 1.15. The van der Waals surface area contributed by atoms with Gasteiger partial charge in [-0.3, -0.25) is 9.97 Å². The zero-order valence-corrected chi connectivity index (χ0v) is 9.75. The summed E-state index contributed by atoms with van der Waals surface area (Å²) in [5.41, 5.74) is 0. The molecule has 0 spiro atoms. The smallest absolute Gasteiger partial charge is 0.112 e. The largest absolute Gasteiger partial charge is 0.263 e. The van der Waals surface area contributed by atoms with E-state index in [9.17, 15) is 0 Å². The Morgan fingerprint density at radius 1 is 1.08 bits per heavy atom. The van der Waals surface area contributed by atoms with Crippen molar-refractivity contribution in [3.63, 3.8) is 0 Å². The Balaban J connectivity index is 3.01. The monoisotopic (exact) mass is 194 g/mol. The molecule has 0 N–H and O–H groups in total. The molecule has 0 unspecified atom stereocenters. The summed E-state index contributed by atoms with van der Waals surface area (Å²) in [7, 11) is -1.27. The normalized spacial score (nSPS) is 11.6. The molecule has 1 heterocycles. The van der Waals surface area contributed by atoms with Crippen LogP contribution in [0.3, 0.4) is 0 Å². The molecule has 0 radical (unpaired) electrons. The van der Waals surface area contributed by atoms with Crippen LogP contribution >= 0.6 is 0 Å². The summed E-state index contributed by atoms with van der Waals surface area (Å²) in [6, 6.07) is 3.83. The Hall–Kier alpha value is -0.703. The molecule has 72 valence electrons. The second-order valence-corrected chi connectivity index (χ2v) is 8.63. The quantitative estimate of drug-likeness (QED) is 0.687. The van der Waals surface area contributed by atoms with E-state index >= 15 is 0 Å². The van der Waals surface area contributed by atoms with E-state index in [4.69, 9.17) is 0 Å². The molecule has 0 aliphatic carbocycles. The van der Waals surface area contributed by atoms with E-state index < -0.39 is 8.07 Å². The Kier molecular flexibility index (Phi) is 3.60. The van der Waals surface area contributed by atoms with Crippen molar-refractivity contribution in [2.75, 3.05) is 0 Å². The second kappa shape index (κ2) is 4.51. The Morgan fingerprint density at radius 2 is 1.69 bits per heavy atom. The van der Waals surface area contributed by atoms with Crippen LogP contribution in [0, 0.1) is 0 Å². The predicted octanol–water partition coefficient (Wildman–Crippen LogP) is 2.19. The highest BCUT2D eigenvalue weighted by Crippen LogP contribution is 2.18. The van der Waals surface area contributed by atoms with Crippen LogP contribution < -0.4 is 5.32 Å². The van der Waals surface area contributed by atoms with Gasteiger partial charge in [-0.05, 0) is 0 Å². The fourth-order valence-electron chi connectivity index (χ4n) is 1.87. The van der Waals surface area contributed by atoms with E-state index in [1.165, 1.54) is 23.4 Å². The summed E-state index contributed by atoms with van der Waals surface area (Å²) in [6.45, 7) is 6.86. The molecule has 0 bridgehead atoms. The summed E-state index contributed by atoms with van der Waals surface area (Å²) in [6.07, 6.45) is 5.53. The molecule has 1 aromatic rings. The van der Waals surface area contributed by atoms with E-state index in [-0.39, 0.29) is 0 Å². The van der Waals surface area contributed by atoms with Gasteiger partial charge in [0.1, 0.15) is 8.07 Å². The molecule has 0 atom stereocenters. The Labute approximate surface area is 81.4 Å². The number of aromatic nitrogens is 2. The highest BCUT2D eigenvalue weighted by molar-refractivity contribution is 6.91. The lowest BCUT2D eigenvalue weighted by atomic mass is 10.8. The average Bonchev–Trinajstić information content (AvgIpc) is 2.23. The summed E-state index contributed by atoms with van der Waals surface area (Å²) in [5, 5.41) is 1.28. The average molecular weight is 194 g/mol. The third kappa shape index (κ3) is 1.96. The number of rotatable bonds is 4. The maximum absolute atomic E-state index is 4.46. The van der Waals surface area contributed by atoms with Crippen LogP contribution in [0.4, 0.5) is 0 Å². The van der Waals surface area contributed by atoms with E-state index in [1.807, 2.05) is 12.4 Å². The minimum absolute atomic E-state index is 1.27. The fourth-order valence-corrected chi connectivity index (χ4v) is 5.15. The van der Waals surface area contributed by atoms with Crippen LogP contribution in [-0.2, 0) is 0 Å². The Bertz CT molecular complexity index is 236. The standard InChI is InChI=1S/C10H18N2Si/c1-4-13(5-2,6-3)10-9-11-7-8-12-10/h7-9H,4-6H2,1-3H3. The zero-order chi connectivity index (χ0) is 9.73. The van der Waals surface area contributed by atoms with Crippen LogP contribution in [0.15, 0.2) is 18.6 Å². The third-order valence-corrected chi connectivity index (χ3v) is 8.54. The first-order valence-electron chi connectivity index (χ1n) is 5.05. The number of hydrogen-bond acceptors (Lipinski definition) is 2. The van der Waals surface area contributed by atoms with Crippen molar-refractivity contribution in [1.29, 1.82) is 0 Å². The highest BCUT2D eigenvalue weighted by Gasteiger charge is 2.30. The molecule has 13 heavy (non-hydrogen) atoms. The van der Waals surface area contributed by atoms with Crippen molar-refractivity contribution < 1.29 is 0 Å². The first-order valence-corrected chi connectivity index (χ1v) is 7.67. The Morgan fingerprint density at radius 3 is 2.08 bits per heavy atom. The summed E-state index contributed by atoms with van der Waals surface area (Å²) in [4.78, 5) is 8.63. The molecule has 3 heteroatoms. The number of hydrogen-bond donors (Lipinski definition) is 0. The summed E-state index contributed by atoms with van der Waals surface area (Å²) >= 11 is 0. The van der Waals surface area contributed by atoms with Crippen LogP contribution in [0.25, 0.3) is 0 Å². The van der Waals surface area contributed by atoms with Crippen molar-refractivity contribution in [3.05, 3.63) is 18.6 Å². The van der Waals surface area contributed by atoms with Gasteiger partial charge in [-0.25, -0.2) is 0 Å². The molecule has 1 rings (SSSR count). The van der Waals surface area contributed by atoms with Gasteiger partial charge in [0.05, 0.1) is 0 Å². The molecule has 0 amide bonds. The van der Waals surface area contributed by atoms with Gasteiger partial charge in [0.2, 0.25) is 0 Å². The third-order valence-electron chi connectivity index (χ3n) is 3.14. The SMILES string of the molecule is CC[Si](CC)(CC)c1cnccn1. The molecule has 0 aromatic carbocycles. The van der Waals surface area contributed by atoms with Gasteiger partial charge in [0.15, 0.2) is 0 Å². The molecular weight excluding hydrogens is 176 g/mol. The van der Waals surface area contributed by atoms with Crippen molar-refractivity contribution in [2.24, 2.45) is 0 Å². The first kappa shape index (κ1) is 10.4. The molecule has 0 fully saturated rings.